The molecule has 3 N–H and O–H groups in total. The number of carboxylic acids is 1. The van der Waals surface area contributed by atoms with Gasteiger partial charge in [-0.3, -0.25) is 9.59 Å². The first-order chi connectivity index (χ1) is 18.3. The van der Waals surface area contributed by atoms with Gasteiger partial charge >= 0.3 is 12.1 Å². The highest BCUT2D eigenvalue weighted by molar-refractivity contribution is 7.93. The van der Waals surface area contributed by atoms with Gasteiger partial charge in [-0.2, -0.15) is 13.2 Å². The number of carbonyl (C=O) groups is 2. The second-order valence-electron chi connectivity index (χ2n) is 8.48. The number of carbonyl (C=O) groups excluding carboxylic acids is 1. The minimum atomic E-state index is -5.28. The van der Waals surface area contributed by atoms with Crippen LogP contribution in [0.3, 0.4) is 0 Å². The molecule has 1 aliphatic rings. The van der Waals surface area contributed by atoms with Crippen molar-refractivity contribution in [2.45, 2.75) is 53.8 Å². The van der Waals surface area contributed by atoms with Crippen LogP contribution in [0, 0.1) is 0 Å². The van der Waals surface area contributed by atoms with Gasteiger partial charge in [-0.25, -0.2) is 18.7 Å². The fourth-order valence-electron chi connectivity index (χ4n) is 3.87. The van der Waals surface area contributed by atoms with Crippen molar-refractivity contribution >= 4 is 33.3 Å². The number of halogens is 5. The number of hydrogen-bond donors (Lipinski definition) is 3. The number of hydrogen-bond acceptors (Lipinski definition) is 8. The van der Waals surface area contributed by atoms with E-state index in [0.717, 1.165) is 12.1 Å². The zero-order chi connectivity index (χ0) is 28.8. The Morgan fingerprint density at radius 3 is 2.26 bits per heavy atom. The van der Waals surface area contributed by atoms with Crippen LogP contribution in [-0.4, -0.2) is 55.3 Å². The molecule has 1 amide bonds. The molecule has 39 heavy (non-hydrogen) atoms. The van der Waals surface area contributed by atoms with E-state index in [1.807, 2.05) is 0 Å². The van der Waals surface area contributed by atoms with Crippen LogP contribution in [0.5, 0.6) is 11.5 Å². The maximum Gasteiger partial charge on any atom is 0.433 e. The summed E-state index contributed by atoms with van der Waals surface area (Å²) in [6, 6.07) is 11.2. The highest BCUT2D eigenvalue weighted by Gasteiger charge is 2.55. The average molecular weight is 599 g/mol. The normalized spacial score (nSPS) is 20.7. The van der Waals surface area contributed by atoms with Crippen LogP contribution >= 0.6 is 11.6 Å². The van der Waals surface area contributed by atoms with Gasteiger partial charge in [0.2, 0.25) is 0 Å². The predicted octanol–water partition coefficient (Wildman–Crippen LogP) is 4.10. The number of aliphatic carboxylic acids is 1. The van der Waals surface area contributed by atoms with Crippen LogP contribution in [0.15, 0.2) is 53.4 Å². The van der Waals surface area contributed by atoms with Crippen molar-refractivity contribution in [2.24, 2.45) is 0 Å². The van der Waals surface area contributed by atoms with Crippen molar-refractivity contribution in [2.75, 3.05) is 6.61 Å². The van der Waals surface area contributed by atoms with E-state index in [4.69, 9.17) is 26.2 Å². The van der Waals surface area contributed by atoms with E-state index in [-0.39, 0.29) is 23.7 Å². The molecule has 10 nitrogen and oxygen atoms in total. The summed E-state index contributed by atoms with van der Waals surface area (Å²) in [5, 5.41) is 9.45. The van der Waals surface area contributed by atoms with Crippen molar-refractivity contribution < 1.29 is 55.1 Å². The van der Waals surface area contributed by atoms with Gasteiger partial charge in [-0.1, -0.05) is 11.6 Å². The minimum absolute atomic E-state index is 0.175. The first-order valence-electron chi connectivity index (χ1n) is 11.3. The van der Waals surface area contributed by atoms with Crippen molar-refractivity contribution in [1.82, 2.24) is 11.0 Å². The lowest BCUT2D eigenvalue weighted by atomic mass is 9.91. The van der Waals surface area contributed by atoms with Crippen LogP contribution in [0.2, 0.25) is 5.02 Å². The van der Waals surface area contributed by atoms with Crippen LogP contribution in [-0.2, 0) is 29.0 Å². The maximum atomic E-state index is 13.8. The molecule has 3 unspecified atom stereocenters. The van der Waals surface area contributed by atoms with Crippen LogP contribution in [0.25, 0.3) is 0 Å². The third-order valence-corrected chi connectivity index (χ3v) is 8.60. The number of carboxylic acid groups (broad SMARTS) is 1. The Balaban J connectivity index is 1.91. The molecule has 0 saturated carbocycles. The van der Waals surface area contributed by atoms with Crippen molar-refractivity contribution in [3.63, 3.8) is 0 Å². The summed E-state index contributed by atoms with van der Waals surface area (Å²) in [6.45, 7) is -0.335. The fraction of sp³-hybridized carbons (Fsp3) is 0.391. The topological polar surface area (TPSA) is 140 Å². The third kappa shape index (κ3) is 7.36. The summed E-state index contributed by atoms with van der Waals surface area (Å²) < 4.78 is 87.5. The van der Waals surface area contributed by atoms with Crippen LogP contribution in [0.1, 0.15) is 25.7 Å². The molecule has 2 aromatic carbocycles. The molecule has 16 heteroatoms. The van der Waals surface area contributed by atoms with Gasteiger partial charge in [0.25, 0.3) is 12.1 Å². The van der Waals surface area contributed by atoms with Crippen molar-refractivity contribution in [1.29, 1.82) is 0 Å². The summed E-state index contributed by atoms with van der Waals surface area (Å²) in [6.07, 6.45) is -11.3. The molecule has 0 radical (unpaired) electrons. The molecular weight excluding hydrogens is 576 g/mol. The lowest BCUT2D eigenvalue weighted by molar-refractivity contribution is -0.260. The van der Waals surface area contributed by atoms with Gasteiger partial charge < -0.3 is 14.6 Å². The van der Waals surface area contributed by atoms with Gasteiger partial charge in [0, 0.05) is 24.5 Å². The largest absolute Gasteiger partial charge is 0.481 e. The Morgan fingerprint density at radius 2 is 1.72 bits per heavy atom. The smallest absolute Gasteiger partial charge is 0.433 e. The standard InChI is InChI=1S/C23H23ClF4N2O8S/c24-14-1-3-15(4-2-14)37-16-5-8-18(9-6-16)39(34,35)22(11-12-36-17(13-22)7-10-19(31)32)20(33)30-38-21(29-28)23(25,26)27/h1-6,8-9,17,21,29H,7,10-13H2,(H,30,33)(H,31,32). The number of sulfone groups is 1. The quantitative estimate of drug-likeness (QED) is 0.151. The summed E-state index contributed by atoms with van der Waals surface area (Å²) in [7, 11) is -4.67. The molecule has 3 atom stereocenters. The lowest BCUT2D eigenvalue weighted by Crippen LogP contribution is -2.58. The molecule has 1 aliphatic heterocycles. The fourth-order valence-corrected chi connectivity index (χ4v) is 5.98. The van der Waals surface area contributed by atoms with E-state index >= 15 is 0 Å². The number of benzene rings is 2. The average Bonchev–Trinajstić information content (AvgIpc) is 2.88. The second-order valence-corrected chi connectivity index (χ2v) is 11.2. The monoisotopic (exact) mass is 598 g/mol. The van der Waals surface area contributed by atoms with Crippen LogP contribution in [0.4, 0.5) is 17.7 Å². The SMILES string of the molecule is O=C(O)CCC1CC(C(=O)NOC(NF)C(F)(F)F)(S(=O)(=O)c2ccc(Oc3ccc(Cl)cc3)cc2)CCO1. The Labute approximate surface area is 225 Å². The molecule has 1 saturated heterocycles. The third-order valence-electron chi connectivity index (χ3n) is 5.87. The van der Waals surface area contributed by atoms with Gasteiger partial charge in [0.05, 0.1) is 11.0 Å². The Morgan fingerprint density at radius 1 is 1.13 bits per heavy atom. The highest BCUT2D eigenvalue weighted by atomic mass is 35.5. The molecule has 1 heterocycles. The van der Waals surface area contributed by atoms with Gasteiger partial charge in [0.15, 0.2) is 14.6 Å². The Hall–Kier alpha value is -2.98. The molecule has 3 rings (SSSR count). The highest BCUT2D eigenvalue weighted by Crippen LogP contribution is 2.39. The molecule has 1 fully saturated rings. The number of amides is 1. The number of hydroxylamine groups is 1. The number of ether oxygens (including phenoxy) is 2. The van der Waals surface area contributed by atoms with E-state index < -0.39 is 64.2 Å². The van der Waals surface area contributed by atoms with Gasteiger partial charge in [0.1, 0.15) is 11.5 Å². The van der Waals surface area contributed by atoms with Crippen LogP contribution < -0.4 is 15.8 Å². The minimum Gasteiger partial charge on any atom is -0.481 e. The van der Waals surface area contributed by atoms with Crippen molar-refractivity contribution in [3.8, 4) is 11.5 Å². The van der Waals surface area contributed by atoms with E-state index in [0.29, 0.717) is 16.3 Å². The molecular formula is C23H23ClF4N2O8S. The first-order valence-corrected chi connectivity index (χ1v) is 13.1. The summed E-state index contributed by atoms with van der Waals surface area (Å²) in [4.78, 5) is 27.9. The summed E-state index contributed by atoms with van der Waals surface area (Å²) >= 11 is 5.83. The van der Waals surface area contributed by atoms with Gasteiger partial charge in [-0.15, -0.1) is 10.0 Å². The molecule has 0 aliphatic carbocycles. The van der Waals surface area contributed by atoms with E-state index in [2.05, 4.69) is 4.84 Å². The maximum absolute atomic E-state index is 13.8. The first kappa shape index (κ1) is 30.6. The second kappa shape index (κ2) is 12.5. The van der Waals surface area contributed by atoms with E-state index in [1.54, 1.807) is 24.3 Å². The number of nitrogens with one attached hydrogen (secondary N) is 2. The summed E-state index contributed by atoms with van der Waals surface area (Å²) in [5.41, 5.74) is 1.74. The van der Waals surface area contributed by atoms with E-state index in [1.165, 1.54) is 17.6 Å². The number of rotatable bonds is 11. The molecule has 0 spiro atoms. The zero-order valence-electron chi connectivity index (χ0n) is 19.9. The number of alkyl halides is 3. The lowest BCUT2D eigenvalue weighted by Gasteiger charge is -2.39. The van der Waals surface area contributed by atoms with E-state index in [9.17, 15) is 35.7 Å². The molecule has 2 aromatic rings. The van der Waals surface area contributed by atoms with Gasteiger partial charge in [-0.05, 0) is 61.4 Å². The predicted molar refractivity (Wildman–Crippen MR) is 127 cm³/mol. The Kier molecular flexibility index (Phi) is 9.77. The van der Waals surface area contributed by atoms with Crippen molar-refractivity contribution in [3.05, 3.63) is 53.6 Å². The molecule has 0 aromatic heterocycles. The summed E-state index contributed by atoms with van der Waals surface area (Å²) in [5.74, 6) is -2.08. The molecule has 214 valence electrons. The Bertz CT molecular complexity index is 1260. The zero-order valence-corrected chi connectivity index (χ0v) is 21.5. The molecule has 0 bridgehead atoms.